The molecule has 38 heavy (non-hydrogen) atoms. The quantitative estimate of drug-likeness (QED) is 0.264. The number of sulfonamides is 1. The molecule has 13 heteroatoms. The number of piperidine rings is 1. The van der Waals surface area contributed by atoms with Gasteiger partial charge in [-0.2, -0.15) is 0 Å². The van der Waals surface area contributed by atoms with Crippen LogP contribution in [0.4, 0.5) is 13.2 Å². The first-order valence-corrected chi connectivity index (χ1v) is 13.3. The van der Waals surface area contributed by atoms with E-state index in [9.17, 15) is 31.2 Å². The van der Waals surface area contributed by atoms with Gasteiger partial charge in [0.05, 0.1) is 4.90 Å². The maximum absolute atomic E-state index is 13.1. The Morgan fingerprint density at radius 1 is 1.08 bits per heavy atom. The minimum atomic E-state index is -4.84. The average molecular weight is 555 g/mol. The van der Waals surface area contributed by atoms with E-state index in [1.807, 2.05) is 6.92 Å². The molecule has 1 aliphatic rings. The van der Waals surface area contributed by atoms with Gasteiger partial charge in [0.25, 0.3) is 0 Å². The van der Waals surface area contributed by atoms with Crippen molar-refractivity contribution in [1.29, 1.82) is 0 Å². The van der Waals surface area contributed by atoms with Crippen molar-refractivity contribution in [1.82, 2.24) is 20.7 Å². The zero-order chi connectivity index (χ0) is 27.8. The van der Waals surface area contributed by atoms with E-state index in [4.69, 9.17) is 0 Å². The summed E-state index contributed by atoms with van der Waals surface area (Å²) in [4.78, 5) is 25.8. The Labute approximate surface area is 218 Å². The van der Waals surface area contributed by atoms with Crippen molar-refractivity contribution in [2.75, 3.05) is 26.2 Å². The van der Waals surface area contributed by atoms with Gasteiger partial charge < -0.3 is 20.7 Å². The Bertz CT molecular complexity index is 1260. The van der Waals surface area contributed by atoms with Crippen LogP contribution in [0.1, 0.15) is 24.0 Å². The topological polar surface area (TPSA) is 126 Å². The number of hydrogen-bond acceptors (Lipinski definition) is 6. The maximum atomic E-state index is 13.1. The van der Waals surface area contributed by atoms with Crippen LogP contribution in [0.2, 0.25) is 0 Å². The third kappa shape index (κ3) is 8.57. The van der Waals surface area contributed by atoms with E-state index in [1.165, 1.54) is 30.3 Å². The standard InChI is InChI=1S/C25H29F3N4O5S/c1-18-5-8-21(9-6-18)38(35,36)31-16-15-30-23(34)24(11-13-29-14-12-24)32-22(33)10-7-19-3-2-4-20(17-19)37-25(26,27)28/h2-10,17,29,31H,11-16H2,1H3,(H,30,34)(H,32,33)/b10-7+. The Morgan fingerprint density at radius 2 is 1.76 bits per heavy atom. The third-order valence-electron chi connectivity index (χ3n) is 5.81. The fourth-order valence-corrected chi connectivity index (χ4v) is 4.89. The first-order valence-electron chi connectivity index (χ1n) is 11.8. The van der Waals surface area contributed by atoms with Crippen molar-refractivity contribution in [3.8, 4) is 5.75 Å². The number of hydrogen-bond donors (Lipinski definition) is 4. The number of amides is 2. The van der Waals surface area contributed by atoms with E-state index in [0.717, 1.165) is 23.8 Å². The molecule has 1 fully saturated rings. The van der Waals surface area contributed by atoms with Crippen molar-refractivity contribution in [3.63, 3.8) is 0 Å². The summed E-state index contributed by atoms with van der Waals surface area (Å²) in [5.74, 6) is -1.49. The number of nitrogens with one attached hydrogen (secondary N) is 4. The van der Waals surface area contributed by atoms with Crippen molar-refractivity contribution in [2.45, 2.75) is 36.6 Å². The molecule has 2 aromatic carbocycles. The molecule has 0 atom stereocenters. The molecule has 0 aromatic heterocycles. The molecule has 0 aliphatic carbocycles. The molecule has 1 saturated heterocycles. The van der Waals surface area contributed by atoms with E-state index in [2.05, 4.69) is 25.4 Å². The summed E-state index contributed by atoms with van der Waals surface area (Å²) in [6.45, 7) is 2.72. The SMILES string of the molecule is Cc1ccc(S(=O)(=O)NCCNC(=O)C2(NC(=O)/C=C/c3cccc(OC(F)(F)F)c3)CCNCC2)cc1. The predicted octanol–water partition coefficient (Wildman–Crippen LogP) is 2.24. The molecule has 3 rings (SSSR count). The molecule has 2 aromatic rings. The van der Waals surface area contributed by atoms with E-state index in [-0.39, 0.29) is 18.0 Å². The first kappa shape index (κ1) is 29.1. The predicted molar refractivity (Wildman–Crippen MR) is 135 cm³/mol. The van der Waals surface area contributed by atoms with Crippen LogP contribution in [0.5, 0.6) is 5.75 Å². The normalized spacial score (nSPS) is 15.7. The van der Waals surface area contributed by atoms with E-state index in [0.29, 0.717) is 31.5 Å². The number of halogens is 3. The third-order valence-corrected chi connectivity index (χ3v) is 7.28. The zero-order valence-corrected chi connectivity index (χ0v) is 21.4. The molecule has 2 amide bonds. The minimum Gasteiger partial charge on any atom is -0.406 e. The van der Waals surface area contributed by atoms with Crippen molar-refractivity contribution >= 4 is 27.9 Å². The summed E-state index contributed by atoms with van der Waals surface area (Å²) in [7, 11) is -3.74. The Morgan fingerprint density at radius 3 is 2.42 bits per heavy atom. The van der Waals surface area contributed by atoms with Gasteiger partial charge in [-0.15, -0.1) is 13.2 Å². The van der Waals surface area contributed by atoms with Gasteiger partial charge in [-0.3, -0.25) is 9.59 Å². The van der Waals surface area contributed by atoms with E-state index < -0.39 is 39.5 Å². The Hall–Kier alpha value is -3.42. The van der Waals surface area contributed by atoms with Gasteiger partial charge >= 0.3 is 6.36 Å². The monoisotopic (exact) mass is 554 g/mol. The maximum Gasteiger partial charge on any atom is 0.573 e. The summed E-state index contributed by atoms with van der Waals surface area (Å²) < 4.78 is 68.5. The van der Waals surface area contributed by atoms with Crippen LogP contribution in [0.15, 0.2) is 59.5 Å². The van der Waals surface area contributed by atoms with Gasteiger partial charge in [-0.05, 0) is 68.8 Å². The molecule has 0 bridgehead atoms. The van der Waals surface area contributed by atoms with Crippen LogP contribution in [-0.2, 0) is 19.6 Å². The van der Waals surface area contributed by atoms with Gasteiger partial charge in [0.2, 0.25) is 21.8 Å². The fourth-order valence-electron chi connectivity index (χ4n) is 3.86. The molecule has 1 aliphatic heterocycles. The summed E-state index contributed by atoms with van der Waals surface area (Å²) in [6.07, 6.45) is -1.82. The number of benzene rings is 2. The van der Waals surface area contributed by atoms with Gasteiger partial charge in [-0.1, -0.05) is 29.8 Å². The van der Waals surface area contributed by atoms with E-state index in [1.54, 1.807) is 12.1 Å². The lowest BCUT2D eigenvalue weighted by Crippen LogP contribution is -2.63. The van der Waals surface area contributed by atoms with Gasteiger partial charge in [-0.25, -0.2) is 13.1 Å². The van der Waals surface area contributed by atoms with Crippen molar-refractivity contribution in [3.05, 3.63) is 65.7 Å². The summed E-state index contributed by atoms with van der Waals surface area (Å²) in [6, 6.07) is 11.5. The molecule has 0 saturated carbocycles. The Balaban J connectivity index is 1.58. The molecule has 206 valence electrons. The number of aryl methyl sites for hydroxylation is 1. The Kier molecular flexibility index (Phi) is 9.52. The highest BCUT2D eigenvalue weighted by Gasteiger charge is 2.40. The molecular weight excluding hydrogens is 525 g/mol. The smallest absolute Gasteiger partial charge is 0.406 e. The fraction of sp³-hybridized carbons (Fsp3) is 0.360. The molecule has 1 heterocycles. The van der Waals surface area contributed by atoms with Gasteiger partial charge in [0.1, 0.15) is 11.3 Å². The molecule has 4 N–H and O–H groups in total. The lowest BCUT2D eigenvalue weighted by atomic mass is 9.87. The molecule has 9 nitrogen and oxygen atoms in total. The number of alkyl halides is 3. The van der Waals surface area contributed by atoms with Crippen LogP contribution in [0, 0.1) is 6.92 Å². The number of carbonyl (C=O) groups is 2. The molecule has 0 spiro atoms. The summed E-state index contributed by atoms with van der Waals surface area (Å²) in [5.41, 5.74) is -0.0139. The van der Waals surface area contributed by atoms with Crippen LogP contribution < -0.4 is 25.4 Å². The van der Waals surface area contributed by atoms with Gasteiger partial charge in [0.15, 0.2) is 0 Å². The number of carbonyl (C=O) groups excluding carboxylic acids is 2. The number of rotatable bonds is 10. The second-order valence-electron chi connectivity index (χ2n) is 8.74. The second-order valence-corrected chi connectivity index (χ2v) is 10.5. The second kappa shape index (κ2) is 12.4. The first-order chi connectivity index (χ1) is 17.9. The average Bonchev–Trinajstić information content (AvgIpc) is 2.85. The van der Waals surface area contributed by atoms with Gasteiger partial charge in [0, 0.05) is 19.2 Å². The lowest BCUT2D eigenvalue weighted by Gasteiger charge is -2.36. The highest BCUT2D eigenvalue weighted by atomic mass is 32.2. The van der Waals surface area contributed by atoms with Crippen LogP contribution in [-0.4, -0.2) is 58.3 Å². The van der Waals surface area contributed by atoms with Crippen LogP contribution in [0.3, 0.4) is 0 Å². The van der Waals surface area contributed by atoms with Crippen molar-refractivity contribution < 1.29 is 35.9 Å². The highest BCUT2D eigenvalue weighted by molar-refractivity contribution is 7.89. The molecular formula is C25H29F3N4O5S. The van der Waals surface area contributed by atoms with Crippen LogP contribution in [0.25, 0.3) is 6.08 Å². The summed E-state index contributed by atoms with van der Waals surface area (Å²) >= 11 is 0. The zero-order valence-electron chi connectivity index (χ0n) is 20.6. The number of ether oxygens (including phenoxy) is 1. The minimum absolute atomic E-state index is 0.00316. The highest BCUT2D eigenvalue weighted by Crippen LogP contribution is 2.24. The molecule has 0 radical (unpaired) electrons. The molecule has 0 unspecified atom stereocenters. The van der Waals surface area contributed by atoms with Crippen molar-refractivity contribution in [2.24, 2.45) is 0 Å². The summed E-state index contributed by atoms with van der Waals surface area (Å²) in [5, 5.41) is 8.51. The van der Waals surface area contributed by atoms with E-state index >= 15 is 0 Å². The lowest BCUT2D eigenvalue weighted by molar-refractivity contribution is -0.274. The van der Waals surface area contributed by atoms with Crippen LogP contribution >= 0.6 is 0 Å². The largest absolute Gasteiger partial charge is 0.573 e.